The van der Waals surface area contributed by atoms with Crippen molar-refractivity contribution in [1.29, 1.82) is 0 Å². The van der Waals surface area contributed by atoms with Gasteiger partial charge in [-0.05, 0) is 6.42 Å². The van der Waals surface area contributed by atoms with Crippen molar-refractivity contribution in [2.45, 2.75) is 13.3 Å². The number of nitrogens with zero attached hydrogens (tertiary/aromatic N) is 1. The van der Waals surface area contributed by atoms with E-state index in [-0.39, 0.29) is 0 Å². The van der Waals surface area contributed by atoms with E-state index in [0.29, 0.717) is 19.6 Å². The predicted octanol–water partition coefficient (Wildman–Crippen LogP) is -0.879. The molecule has 0 aromatic carbocycles. The van der Waals surface area contributed by atoms with Gasteiger partial charge in [-0.15, -0.1) is 0 Å². The van der Waals surface area contributed by atoms with E-state index in [1.165, 1.54) is 11.4 Å². The molecular formula is C6H17N3O2S. The lowest BCUT2D eigenvalue weighted by Gasteiger charge is -2.19. The third kappa shape index (κ3) is 3.48. The summed E-state index contributed by atoms with van der Waals surface area (Å²) in [6, 6.07) is 0. The van der Waals surface area contributed by atoms with Crippen LogP contribution in [-0.4, -0.2) is 39.4 Å². The van der Waals surface area contributed by atoms with Crippen LogP contribution in [0.25, 0.3) is 0 Å². The molecule has 0 bridgehead atoms. The lowest BCUT2D eigenvalue weighted by molar-refractivity contribution is 0.412. The van der Waals surface area contributed by atoms with Crippen molar-refractivity contribution in [3.05, 3.63) is 0 Å². The Labute approximate surface area is 74.1 Å². The summed E-state index contributed by atoms with van der Waals surface area (Å²) in [6.45, 7) is 3.16. The SMILES string of the molecule is CCCN(CCN)S(=O)(=O)NC. The Balaban J connectivity index is 4.28. The third-order valence-corrected chi connectivity index (χ3v) is 3.01. The second kappa shape index (κ2) is 5.47. The highest BCUT2D eigenvalue weighted by molar-refractivity contribution is 7.87. The minimum Gasteiger partial charge on any atom is -0.329 e. The molecule has 74 valence electrons. The van der Waals surface area contributed by atoms with Gasteiger partial charge >= 0.3 is 0 Å². The second-order valence-corrected chi connectivity index (χ2v) is 4.27. The van der Waals surface area contributed by atoms with Crippen LogP contribution < -0.4 is 10.5 Å². The van der Waals surface area contributed by atoms with Crippen molar-refractivity contribution in [3.63, 3.8) is 0 Å². The van der Waals surface area contributed by atoms with Gasteiger partial charge in [-0.3, -0.25) is 0 Å². The average molecular weight is 195 g/mol. The van der Waals surface area contributed by atoms with Gasteiger partial charge in [-0.2, -0.15) is 12.7 Å². The Morgan fingerprint density at radius 2 is 2.00 bits per heavy atom. The fraction of sp³-hybridized carbons (Fsp3) is 1.00. The molecule has 0 atom stereocenters. The normalized spacial score (nSPS) is 12.3. The van der Waals surface area contributed by atoms with Crippen molar-refractivity contribution < 1.29 is 8.42 Å². The van der Waals surface area contributed by atoms with Crippen molar-refractivity contribution >= 4 is 10.2 Å². The maximum absolute atomic E-state index is 11.2. The summed E-state index contributed by atoms with van der Waals surface area (Å²) in [6.07, 6.45) is 0.793. The zero-order chi connectivity index (χ0) is 9.61. The van der Waals surface area contributed by atoms with Gasteiger partial charge in [0.25, 0.3) is 10.2 Å². The topological polar surface area (TPSA) is 75.4 Å². The first-order valence-electron chi connectivity index (χ1n) is 3.97. The van der Waals surface area contributed by atoms with Crippen molar-refractivity contribution in [1.82, 2.24) is 9.03 Å². The molecule has 0 aliphatic heterocycles. The fourth-order valence-corrected chi connectivity index (χ4v) is 1.90. The minimum absolute atomic E-state index is 0.348. The van der Waals surface area contributed by atoms with Crippen LogP contribution in [0.3, 0.4) is 0 Å². The lowest BCUT2D eigenvalue weighted by Crippen LogP contribution is -2.42. The van der Waals surface area contributed by atoms with Crippen molar-refractivity contribution in [2.75, 3.05) is 26.7 Å². The quantitative estimate of drug-likeness (QED) is 0.578. The molecule has 0 aromatic rings. The standard InChI is InChI=1S/C6H17N3O2S/c1-3-5-9(6-4-7)12(10,11)8-2/h8H,3-7H2,1-2H3. The van der Waals surface area contributed by atoms with Gasteiger partial charge in [-0.25, -0.2) is 4.72 Å². The fourth-order valence-electron chi connectivity index (χ4n) is 0.875. The molecule has 0 aromatic heterocycles. The summed E-state index contributed by atoms with van der Waals surface area (Å²) in [4.78, 5) is 0. The number of hydrogen-bond acceptors (Lipinski definition) is 3. The van der Waals surface area contributed by atoms with Gasteiger partial charge in [0.15, 0.2) is 0 Å². The molecule has 12 heavy (non-hydrogen) atoms. The molecule has 0 rings (SSSR count). The van der Waals surface area contributed by atoms with Gasteiger partial charge < -0.3 is 5.73 Å². The van der Waals surface area contributed by atoms with E-state index in [4.69, 9.17) is 5.73 Å². The highest BCUT2D eigenvalue weighted by Gasteiger charge is 2.17. The largest absolute Gasteiger partial charge is 0.329 e. The molecule has 0 aliphatic carbocycles. The third-order valence-electron chi connectivity index (χ3n) is 1.45. The van der Waals surface area contributed by atoms with Crippen LogP contribution in [0.5, 0.6) is 0 Å². The maximum Gasteiger partial charge on any atom is 0.279 e. The summed E-state index contributed by atoms with van der Waals surface area (Å²) in [7, 11) is -1.88. The number of hydrogen-bond donors (Lipinski definition) is 2. The lowest BCUT2D eigenvalue weighted by atomic mass is 10.5. The molecule has 5 nitrogen and oxygen atoms in total. The number of rotatable bonds is 6. The summed E-state index contributed by atoms with van der Waals surface area (Å²) in [5.41, 5.74) is 5.28. The Morgan fingerprint density at radius 3 is 2.33 bits per heavy atom. The summed E-state index contributed by atoms with van der Waals surface area (Å²) in [5.74, 6) is 0. The second-order valence-electron chi connectivity index (χ2n) is 2.40. The monoisotopic (exact) mass is 195 g/mol. The zero-order valence-electron chi connectivity index (χ0n) is 7.58. The molecule has 0 aliphatic rings. The van der Waals surface area contributed by atoms with E-state index in [0.717, 1.165) is 6.42 Å². The van der Waals surface area contributed by atoms with Crippen LogP contribution >= 0.6 is 0 Å². The van der Waals surface area contributed by atoms with Gasteiger partial charge in [0.2, 0.25) is 0 Å². The smallest absolute Gasteiger partial charge is 0.279 e. The first kappa shape index (κ1) is 11.8. The molecule has 3 N–H and O–H groups in total. The van der Waals surface area contributed by atoms with Crippen molar-refractivity contribution in [2.24, 2.45) is 5.73 Å². The van der Waals surface area contributed by atoms with E-state index in [1.807, 2.05) is 6.92 Å². The molecule has 0 unspecified atom stereocenters. The summed E-state index contributed by atoms with van der Waals surface area (Å²) >= 11 is 0. The molecule has 0 heterocycles. The van der Waals surface area contributed by atoms with Crippen LogP contribution in [0.15, 0.2) is 0 Å². The molecule has 0 saturated heterocycles. The average Bonchev–Trinajstić information content (AvgIpc) is 2.04. The van der Waals surface area contributed by atoms with E-state index in [1.54, 1.807) is 0 Å². The highest BCUT2D eigenvalue weighted by atomic mass is 32.2. The molecule has 0 spiro atoms. The molecular weight excluding hydrogens is 178 g/mol. The van der Waals surface area contributed by atoms with E-state index in [2.05, 4.69) is 4.72 Å². The summed E-state index contributed by atoms with van der Waals surface area (Å²) < 4.78 is 26.1. The molecule has 6 heteroatoms. The zero-order valence-corrected chi connectivity index (χ0v) is 8.39. The molecule has 0 fully saturated rings. The minimum atomic E-state index is -3.28. The number of nitrogens with one attached hydrogen (secondary N) is 1. The maximum atomic E-state index is 11.2. The first-order valence-corrected chi connectivity index (χ1v) is 5.41. The Bertz CT molecular complexity index is 197. The molecule has 0 amide bonds. The van der Waals surface area contributed by atoms with Gasteiger partial charge in [-0.1, -0.05) is 6.92 Å². The van der Waals surface area contributed by atoms with Crippen LogP contribution in [0.2, 0.25) is 0 Å². The van der Waals surface area contributed by atoms with Crippen LogP contribution in [0.1, 0.15) is 13.3 Å². The Kier molecular flexibility index (Phi) is 5.39. The number of nitrogens with two attached hydrogens (primary N) is 1. The first-order chi connectivity index (χ1) is 5.58. The van der Waals surface area contributed by atoms with Crippen molar-refractivity contribution in [3.8, 4) is 0 Å². The van der Waals surface area contributed by atoms with Crippen LogP contribution in [0.4, 0.5) is 0 Å². The summed E-state index contributed by atoms with van der Waals surface area (Å²) in [5, 5.41) is 0. The van der Waals surface area contributed by atoms with Gasteiger partial charge in [0.1, 0.15) is 0 Å². The molecule has 0 saturated carbocycles. The highest BCUT2D eigenvalue weighted by Crippen LogP contribution is 1.97. The Hall–Kier alpha value is -0.170. The Morgan fingerprint density at radius 1 is 1.42 bits per heavy atom. The van der Waals surface area contributed by atoms with E-state index >= 15 is 0 Å². The van der Waals surface area contributed by atoms with Crippen LogP contribution in [0, 0.1) is 0 Å². The predicted molar refractivity (Wildman–Crippen MR) is 48.9 cm³/mol. The van der Waals surface area contributed by atoms with Crippen LogP contribution in [-0.2, 0) is 10.2 Å². The van der Waals surface area contributed by atoms with Gasteiger partial charge in [0.05, 0.1) is 0 Å². The van der Waals surface area contributed by atoms with E-state index in [9.17, 15) is 8.42 Å². The van der Waals surface area contributed by atoms with E-state index < -0.39 is 10.2 Å². The molecule has 0 radical (unpaired) electrons. The van der Waals surface area contributed by atoms with Gasteiger partial charge in [0, 0.05) is 26.7 Å².